The molecule has 4 rings (SSSR count). The van der Waals surface area contributed by atoms with E-state index in [1.807, 2.05) is 0 Å². The lowest BCUT2D eigenvalue weighted by atomic mass is 10.1. The van der Waals surface area contributed by atoms with E-state index in [0.29, 0.717) is 30.2 Å². The number of aromatic nitrogens is 3. The molecule has 0 saturated carbocycles. The molecule has 7 nitrogen and oxygen atoms in total. The summed E-state index contributed by atoms with van der Waals surface area (Å²) in [6.07, 6.45) is 5.39. The summed E-state index contributed by atoms with van der Waals surface area (Å²) in [6.45, 7) is 2.01. The lowest BCUT2D eigenvalue weighted by Crippen LogP contribution is -2.35. The summed E-state index contributed by atoms with van der Waals surface area (Å²) in [5, 5.41) is 0. The fourth-order valence-electron chi connectivity index (χ4n) is 2.69. The minimum absolute atomic E-state index is 0.112. The average molecular weight is 298 g/mol. The third kappa shape index (κ3) is 2.35. The quantitative estimate of drug-likeness (QED) is 0.789. The Morgan fingerprint density at radius 3 is 3.09 bits per heavy atom. The van der Waals surface area contributed by atoms with Gasteiger partial charge in [0, 0.05) is 19.5 Å². The van der Waals surface area contributed by atoms with E-state index in [-0.39, 0.29) is 5.56 Å². The molecule has 0 aromatic carbocycles. The highest BCUT2D eigenvalue weighted by Gasteiger charge is 2.22. The number of aromatic amines is 1. The van der Waals surface area contributed by atoms with Crippen LogP contribution in [0.5, 0.6) is 0 Å². The van der Waals surface area contributed by atoms with Gasteiger partial charge in [-0.1, -0.05) is 0 Å². The number of furan rings is 1. The van der Waals surface area contributed by atoms with Crippen molar-refractivity contribution in [2.45, 2.75) is 19.5 Å². The molecule has 0 radical (unpaired) electrons. The molecule has 1 aliphatic heterocycles. The summed E-state index contributed by atoms with van der Waals surface area (Å²) in [4.78, 5) is 25.7. The molecule has 112 valence electrons. The molecule has 22 heavy (non-hydrogen) atoms. The van der Waals surface area contributed by atoms with Crippen LogP contribution in [0.2, 0.25) is 0 Å². The number of H-pyrrole nitrogens is 1. The van der Waals surface area contributed by atoms with Crippen LogP contribution in [0.3, 0.4) is 0 Å². The van der Waals surface area contributed by atoms with Crippen molar-refractivity contribution < 1.29 is 8.83 Å². The number of nitrogens with zero attached hydrogens (tertiary/aromatic N) is 3. The molecule has 0 unspecified atom stereocenters. The summed E-state index contributed by atoms with van der Waals surface area (Å²) in [5.41, 5.74) is 1.43. The van der Waals surface area contributed by atoms with Crippen molar-refractivity contribution in [1.29, 1.82) is 0 Å². The number of nitrogens with one attached hydrogen (secondary N) is 1. The zero-order chi connectivity index (χ0) is 14.9. The Bertz CT molecular complexity index is 821. The van der Waals surface area contributed by atoms with Gasteiger partial charge in [0.15, 0.2) is 18.0 Å². The smallest absolute Gasteiger partial charge is 0.256 e. The highest BCUT2D eigenvalue weighted by atomic mass is 16.3. The number of rotatable bonds is 3. The van der Waals surface area contributed by atoms with E-state index in [1.165, 1.54) is 6.39 Å². The number of hydrogen-bond acceptors (Lipinski definition) is 6. The molecule has 3 aromatic rings. The summed E-state index contributed by atoms with van der Waals surface area (Å²) in [7, 11) is 0. The Morgan fingerprint density at radius 2 is 2.32 bits per heavy atom. The van der Waals surface area contributed by atoms with E-state index in [9.17, 15) is 4.79 Å². The third-order valence-electron chi connectivity index (χ3n) is 3.77. The minimum atomic E-state index is -0.112. The second kappa shape index (κ2) is 5.27. The molecule has 0 amide bonds. The number of hydrogen-bond donors (Lipinski definition) is 1. The van der Waals surface area contributed by atoms with Gasteiger partial charge in [-0.25, -0.2) is 9.97 Å². The number of fused-ring (bicyclic) bond motifs is 1. The van der Waals surface area contributed by atoms with Gasteiger partial charge in [0.2, 0.25) is 0 Å². The van der Waals surface area contributed by atoms with Gasteiger partial charge in [-0.2, -0.15) is 0 Å². The summed E-state index contributed by atoms with van der Waals surface area (Å²) in [5.74, 6) is 1.85. The predicted molar refractivity (Wildman–Crippen MR) is 76.9 cm³/mol. The van der Waals surface area contributed by atoms with Crippen molar-refractivity contribution in [2.24, 2.45) is 0 Å². The van der Waals surface area contributed by atoms with Crippen LogP contribution in [0.4, 0.5) is 0 Å². The molecule has 3 aromatic heterocycles. The zero-order valence-corrected chi connectivity index (χ0v) is 11.8. The fourth-order valence-corrected chi connectivity index (χ4v) is 2.69. The van der Waals surface area contributed by atoms with Crippen LogP contribution in [0.25, 0.3) is 11.6 Å². The Balaban J connectivity index is 1.61. The first-order valence-electron chi connectivity index (χ1n) is 7.05. The van der Waals surface area contributed by atoms with Crippen LogP contribution in [0, 0.1) is 0 Å². The predicted octanol–water partition coefficient (Wildman–Crippen LogP) is 1.58. The maximum atomic E-state index is 12.3. The van der Waals surface area contributed by atoms with Crippen molar-refractivity contribution in [1.82, 2.24) is 19.9 Å². The van der Waals surface area contributed by atoms with Crippen molar-refractivity contribution in [3.05, 3.63) is 58.4 Å². The van der Waals surface area contributed by atoms with E-state index in [2.05, 4.69) is 19.9 Å². The van der Waals surface area contributed by atoms with Crippen molar-refractivity contribution in [3.63, 3.8) is 0 Å². The molecule has 4 heterocycles. The van der Waals surface area contributed by atoms with E-state index in [1.54, 1.807) is 24.6 Å². The van der Waals surface area contributed by atoms with Crippen molar-refractivity contribution in [3.8, 4) is 11.6 Å². The van der Waals surface area contributed by atoms with Gasteiger partial charge in [0.05, 0.1) is 30.3 Å². The summed E-state index contributed by atoms with van der Waals surface area (Å²) >= 11 is 0. The summed E-state index contributed by atoms with van der Waals surface area (Å²) < 4.78 is 10.6. The van der Waals surface area contributed by atoms with Gasteiger partial charge in [0.25, 0.3) is 5.56 Å². The van der Waals surface area contributed by atoms with Crippen molar-refractivity contribution >= 4 is 0 Å². The van der Waals surface area contributed by atoms with Gasteiger partial charge in [-0.05, 0) is 12.1 Å². The van der Waals surface area contributed by atoms with E-state index < -0.39 is 0 Å². The Hall–Kier alpha value is -2.67. The molecular weight excluding hydrogens is 284 g/mol. The maximum absolute atomic E-state index is 12.3. The second-order valence-corrected chi connectivity index (χ2v) is 5.25. The first-order chi connectivity index (χ1) is 10.8. The lowest BCUT2D eigenvalue weighted by Gasteiger charge is -2.26. The average Bonchev–Trinajstić information content (AvgIpc) is 3.20. The Labute approximate surface area is 125 Å². The topological polar surface area (TPSA) is 88.2 Å². The van der Waals surface area contributed by atoms with Gasteiger partial charge in [0.1, 0.15) is 5.76 Å². The molecule has 7 heteroatoms. The molecule has 1 N–H and O–H groups in total. The number of oxazole rings is 1. The molecule has 0 aliphatic carbocycles. The van der Waals surface area contributed by atoms with E-state index in [4.69, 9.17) is 8.83 Å². The van der Waals surface area contributed by atoms with Crippen molar-refractivity contribution in [2.75, 3.05) is 6.54 Å². The van der Waals surface area contributed by atoms with Gasteiger partial charge in [-0.3, -0.25) is 9.69 Å². The second-order valence-electron chi connectivity index (χ2n) is 5.25. The van der Waals surface area contributed by atoms with Gasteiger partial charge < -0.3 is 13.8 Å². The van der Waals surface area contributed by atoms with E-state index >= 15 is 0 Å². The molecule has 0 saturated heterocycles. The highest BCUT2D eigenvalue weighted by Crippen LogP contribution is 2.20. The normalized spacial score (nSPS) is 14.9. The van der Waals surface area contributed by atoms with Crippen LogP contribution < -0.4 is 5.56 Å². The largest absolute Gasteiger partial charge is 0.461 e. The molecular formula is C15H14N4O3. The van der Waals surface area contributed by atoms with Gasteiger partial charge in [-0.15, -0.1) is 0 Å². The summed E-state index contributed by atoms with van der Waals surface area (Å²) in [6, 6.07) is 3.55. The molecule has 0 spiro atoms. The Kier molecular flexibility index (Phi) is 3.12. The SMILES string of the molecule is O=c1[nH]c(-c2ccco2)nc2c1CN(Cc1cnco1)CC2. The van der Waals surface area contributed by atoms with E-state index in [0.717, 1.165) is 24.4 Å². The molecule has 0 bridgehead atoms. The van der Waals surface area contributed by atoms with Gasteiger partial charge >= 0.3 is 0 Å². The fraction of sp³-hybridized carbons (Fsp3) is 0.267. The van der Waals surface area contributed by atoms with Crippen LogP contribution in [0.15, 0.2) is 44.6 Å². The zero-order valence-electron chi connectivity index (χ0n) is 11.8. The lowest BCUT2D eigenvalue weighted by molar-refractivity contribution is 0.222. The minimum Gasteiger partial charge on any atom is -0.461 e. The monoisotopic (exact) mass is 298 g/mol. The van der Waals surface area contributed by atoms with Crippen LogP contribution >= 0.6 is 0 Å². The molecule has 0 fully saturated rings. The maximum Gasteiger partial charge on any atom is 0.256 e. The first kappa shape index (κ1) is 13.0. The van der Waals surface area contributed by atoms with Crippen LogP contribution in [-0.2, 0) is 19.5 Å². The van der Waals surface area contributed by atoms with Crippen LogP contribution in [0.1, 0.15) is 17.0 Å². The van der Waals surface area contributed by atoms with Crippen LogP contribution in [-0.4, -0.2) is 26.4 Å². The Morgan fingerprint density at radius 1 is 1.36 bits per heavy atom. The first-order valence-corrected chi connectivity index (χ1v) is 7.05. The third-order valence-corrected chi connectivity index (χ3v) is 3.77. The molecule has 1 aliphatic rings. The standard InChI is InChI=1S/C15H14N4O3/c20-15-11-8-19(7-10-6-16-9-22-10)4-3-12(11)17-14(18-15)13-2-1-5-21-13/h1-2,5-6,9H,3-4,7-8H2,(H,17,18,20). The highest BCUT2D eigenvalue weighted by molar-refractivity contribution is 5.46. The molecule has 0 atom stereocenters.